The largest absolute Gasteiger partial charge is 0.496 e. The number of nitro groups is 5. The van der Waals surface area contributed by atoms with Crippen molar-refractivity contribution < 1.29 is 59.3 Å². The minimum absolute atomic E-state index is 0.0114. The van der Waals surface area contributed by atoms with E-state index in [0.29, 0.717) is 33.5 Å². The summed E-state index contributed by atoms with van der Waals surface area (Å²) in [6, 6.07) is 43.4. The third-order valence-electron chi connectivity index (χ3n) is 12.5. The number of nitrogens with one attached hydrogen (secondary N) is 1. The van der Waals surface area contributed by atoms with E-state index in [0.717, 1.165) is 29.2 Å². The van der Waals surface area contributed by atoms with Crippen LogP contribution < -0.4 is 25.7 Å². The molecule has 494 valence electrons. The molecule has 0 aliphatic carbocycles. The summed E-state index contributed by atoms with van der Waals surface area (Å²) in [6.45, 7) is 0. The normalized spacial score (nSPS) is 11.0. The van der Waals surface area contributed by atoms with Crippen molar-refractivity contribution in [3.63, 3.8) is 0 Å². The standard InChI is InChI=1S/C22H17N5O7S.C15H10ClN3O4S.C8H4Cl2N2.C7H8N2O3.C6H6N2O4S/c1-34-17-10-14(9-16(11-17)27(30)31)23-22-21(24-19-7-2-3-8-20(19)25-22)13-35(32,33)18-6-4-5-15(12-18)26(28)29;16-15-14(17-12-6-1-2-7-13(12)18-15)9-24(22,23)11-5-3-4-10(8-11)19(20)21;9-7-8(10)12-6-4-2-1-3-5(6)11-7;1-12-7-3-5(8)2-6(4-7)9(10)11;7-13(11,12)6-3-1-2-5(4-6)8(9)10/h2-12H,13H2,1H3,(H,23,25);1-8H,9H2;1-4H;2-4H,8H2,1H3;1-4H,(H2,7,11,12). The number of primary sulfonamides is 1. The van der Waals surface area contributed by atoms with Crippen molar-refractivity contribution in [2.75, 3.05) is 25.3 Å². The smallest absolute Gasteiger partial charge is 0.275 e. The molecular formula is C58H45Cl3N14O18S3. The topological polar surface area (TPSA) is 478 Å². The van der Waals surface area contributed by atoms with Crippen LogP contribution in [0, 0.1) is 50.6 Å². The summed E-state index contributed by atoms with van der Waals surface area (Å²) in [5, 5.41) is 61.9. The first-order valence-electron chi connectivity index (χ1n) is 26.5. The molecule has 11 aromatic rings. The van der Waals surface area contributed by atoms with Crippen molar-refractivity contribution in [1.29, 1.82) is 0 Å². The van der Waals surface area contributed by atoms with Crippen molar-refractivity contribution in [1.82, 2.24) is 29.9 Å². The average molecular weight is 1430 g/mol. The Morgan fingerprint density at radius 2 is 0.750 bits per heavy atom. The molecule has 38 heteroatoms. The number of sulfone groups is 2. The Balaban J connectivity index is 0.000000183. The monoisotopic (exact) mass is 1430 g/mol. The predicted octanol–water partition coefficient (Wildman–Crippen LogP) is 11.7. The number of fused-ring (bicyclic) bond motifs is 3. The minimum Gasteiger partial charge on any atom is -0.496 e. The van der Waals surface area contributed by atoms with Gasteiger partial charge in [0.05, 0.1) is 116 Å². The number of para-hydroxylation sites is 6. The highest BCUT2D eigenvalue weighted by atomic mass is 35.5. The van der Waals surface area contributed by atoms with Crippen LogP contribution in [0.5, 0.6) is 11.5 Å². The quantitative estimate of drug-likeness (QED) is 0.0459. The van der Waals surface area contributed by atoms with E-state index in [1.54, 1.807) is 48.5 Å². The molecule has 5 N–H and O–H groups in total. The van der Waals surface area contributed by atoms with Gasteiger partial charge in [-0.25, -0.2) is 60.3 Å². The van der Waals surface area contributed by atoms with Crippen LogP contribution in [0.1, 0.15) is 11.4 Å². The summed E-state index contributed by atoms with van der Waals surface area (Å²) >= 11 is 17.4. The summed E-state index contributed by atoms with van der Waals surface area (Å²) in [6.07, 6.45) is 0. The molecule has 0 atom stereocenters. The first-order chi connectivity index (χ1) is 45.3. The molecule has 0 bridgehead atoms. The van der Waals surface area contributed by atoms with Crippen molar-refractivity contribution in [2.45, 2.75) is 26.2 Å². The molecule has 0 spiro atoms. The van der Waals surface area contributed by atoms with Crippen LogP contribution in [0.15, 0.2) is 197 Å². The Hall–Kier alpha value is -11.3. The van der Waals surface area contributed by atoms with Crippen LogP contribution in [0.2, 0.25) is 15.5 Å². The fourth-order valence-electron chi connectivity index (χ4n) is 8.03. The molecule has 0 radical (unpaired) electrons. The van der Waals surface area contributed by atoms with Crippen LogP contribution in [0.3, 0.4) is 0 Å². The first kappa shape index (κ1) is 72.1. The number of nitrogen functional groups attached to an aromatic ring is 1. The summed E-state index contributed by atoms with van der Waals surface area (Å²) in [7, 11) is -9.00. The summed E-state index contributed by atoms with van der Waals surface area (Å²) in [4.78, 5) is 75.3. The number of nitrogens with zero attached hydrogens (tertiary/aromatic N) is 11. The summed E-state index contributed by atoms with van der Waals surface area (Å²) < 4.78 is 82.7. The number of non-ortho nitro benzene ring substituents is 5. The van der Waals surface area contributed by atoms with E-state index in [4.69, 9.17) is 55.1 Å². The van der Waals surface area contributed by atoms with Crippen LogP contribution in [-0.2, 0) is 41.2 Å². The fourth-order valence-corrected chi connectivity index (χ4v) is 11.8. The van der Waals surface area contributed by atoms with Gasteiger partial charge >= 0.3 is 0 Å². The number of aromatic nitrogens is 6. The van der Waals surface area contributed by atoms with E-state index >= 15 is 0 Å². The zero-order valence-corrected chi connectivity index (χ0v) is 53.7. The molecule has 0 unspecified atom stereocenters. The van der Waals surface area contributed by atoms with Gasteiger partial charge in [-0.3, -0.25) is 50.6 Å². The van der Waals surface area contributed by atoms with Crippen LogP contribution >= 0.6 is 34.8 Å². The average Bonchev–Trinajstić information content (AvgIpc) is 0.800. The van der Waals surface area contributed by atoms with E-state index in [1.165, 1.54) is 105 Å². The molecule has 3 heterocycles. The maximum atomic E-state index is 13.1. The van der Waals surface area contributed by atoms with Gasteiger partial charge in [-0.15, -0.1) is 0 Å². The lowest BCUT2D eigenvalue weighted by molar-refractivity contribution is -0.385. The molecule has 3 aromatic heterocycles. The highest BCUT2D eigenvalue weighted by Gasteiger charge is 2.25. The number of ether oxygens (including phenoxy) is 2. The number of methoxy groups -OCH3 is 2. The predicted molar refractivity (Wildman–Crippen MR) is 353 cm³/mol. The maximum absolute atomic E-state index is 13.1. The van der Waals surface area contributed by atoms with Crippen LogP contribution in [0.25, 0.3) is 33.1 Å². The molecule has 0 aliphatic rings. The third kappa shape index (κ3) is 19.6. The van der Waals surface area contributed by atoms with Gasteiger partial charge in [0.25, 0.3) is 28.4 Å². The van der Waals surface area contributed by atoms with Gasteiger partial charge in [0.15, 0.2) is 41.0 Å². The minimum atomic E-state index is -4.07. The summed E-state index contributed by atoms with van der Waals surface area (Å²) in [5.74, 6) is -0.464. The highest BCUT2D eigenvalue weighted by Crippen LogP contribution is 2.32. The number of nitro benzene ring substituents is 5. The first-order valence-corrected chi connectivity index (χ1v) is 32.5. The van der Waals surface area contributed by atoms with Crippen molar-refractivity contribution >= 4 is 143 Å². The lowest BCUT2D eigenvalue weighted by Crippen LogP contribution is -2.12. The van der Waals surface area contributed by atoms with Crippen LogP contribution in [0.4, 0.5) is 45.6 Å². The fraction of sp³-hybridized carbons (Fsp3) is 0.0690. The lowest BCUT2D eigenvalue weighted by Gasteiger charge is -2.13. The lowest BCUT2D eigenvalue weighted by atomic mass is 10.2. The number of benzene rings is 8. The number of nitrogens with two attached hydrogens (primary N) is 2. The van der Waals surface area contributed by atoms with E-state index in [9.17, 15) is 75.8 Å². The second kappa shape index (κ2) is 31.5. The molecule has 0 amide bonds. The number of rotatable bonds is 16. The Labute approximate surface area is 556 Å². The second-order valence-corrected chi connectivity index (χ2v) is 25.7. The molecule has 0 saturated carbocycles. The van der Waals surface area contributed by atoms with E-state index in [-0.39, 0.29) is 87.2 Å². The van der Waals surface area contributed by atoms with Gasteiger partial charge in [-0.2, -0.15) is 0 Å². The Morgan fingerprint density at radius 1 is 0.406 bits per heavy atom. The van der Waals surface area contributed by atoms with E-state index in [2.05, 4.69) is 35.2 Å². The zero-order chi connectivity index (χ0) is 70.2. The molecule has 96 heavy (non-hydrogen) atoms. The third-order valence-corrected chi connectivity index (χ3v) is 17.6. The number of halogens is 3. The number of anilines is 3. The SMILES string of the molecule is COc1cc(N)cc([N+](=O)[O-])c1.COc1cc(Nc2nc3ccccc3nc2CS(=O)(=O)c2cccc([N+](=O)[O-])c2)cc([N+](=O)[O-])c1.Clc1nc2ccccc2nc1Cl.NS(=O)(=O)c1cccc([N+](=O)[O-])c1.O=[N+]([O-])c1cccc(S(=O)(=O)Cc2nc3ccccc3nc2Cl)c1. The Bertz CT molecular complexity index is 5150. The maximum Gasteiger partial charge on any atom is 0.275 e. The van der Waals surface area contributed by atoms with Gasteiger partial charge in [-0.05, 0) is 54.6 Å². The number of hydrogen-bond acceptors (Lipinski definition) is 26. The molecule has 32 nitrogen and oxygen atoms in total. The molecule has 0 fully saturated rings. The van der Waals surface area contributed by atoms with Gasteiger partial charge in [0.2, 0.25) is 10.0 Å². The van der Waals surface area contributed by atoms with E-state index in [1.807, 2.05) is 24.3 Å². The van der Waals surface area contributed by atoms with Gasteiger partial charge in [-0.1, -0.05) is 89.4 Å². The van der Waals surface area contributed by atoms with Gasteiger partial charge < -0.3 is 20.5 Å². The molecule has 11 rings (SSSR count). The van der Waals surface area contributed by atoms with Crippen molar-refractivity contribution in [3.05, 3.63) is 259 Å². The number of hydrogen-bond donors (Lipinski definition) is 3. The Kier molecular flexibility index (Phi) is 23.7. The highest BCUT2D eigenvalue weighted by molar-refractivity contribution is 7.91. The second-order valence-electron chi connectivity index (χ2n) is 19.1. The molecule has 0 saturated heterocycles. The molecule has 8 aromatic carbocycles. The van der Waals surface area contributed by atoms with E-state index < -0.39 is 65.8 Å². The Morgan fingerprint density at radius 3 is 1.16 bits per heavy atom. The van der Waals surface area contributed by atoms with Crippen LogP contribution in [-0.4, -0.2) is 94.0 Å². The van der Waals surface area contributed by atoms with Crippen molar-refractivity contribution in [2.24, 2.45) is 5.14 Å². The summed E-state index contributed by atoms with van der Waals surface area (Å²) in [5.41, 5.74) is 8.28. The molecule has 0 aliphatic heterocycles. The number of sulfonamides is 1. The van der Waals surface area contributed by atoms with Crippen molar-refractivity contribution in [3.8, 4) is 11.5 Å². The molecular weight excluding hydrogens is 1380 g/mol. The zero-order valence-electron chi connectivity index (χ0n) is 49.0. The van der Waals surface area contributed by atoms with Gasteiger partial charge in [0, 0.05) is 66.4 Å². The van der Waals surface area contributed by atoms with Gasteiger partial charge in [0.1, 0.15) is 23.0 Å².